The molecule has 0 spiro atoms. The SMILES string of the molecule is COc1cc(C(=Cc2c[nH]c3ncccc23)C(N)=O)cc(OC)c1OC. The molecule has 3 aromatic rings. The zero-order valence-corrected chi connectivity index (χ0v) is 14.7. The Morgan fingerprint density at radius 1 is 1.15 bits per heavy atom. The van der Waals surface area contributed by atoms with Crippen molar-refractivity contribution in [3.05, 3.63) is 47.8 Å². The van der Waals surface area contributed by atoms with Crippen molar-refractivity contribution in [2.75, 3.05) is 21.3 Å². The van der Waals surface area contributed by atoms with Gasteiger partial charge < -0.3 is 24.9 Å². The van der Waals surface area contributed by atoms with E-state index in [2.05, 4.69) is 9.97 Å². The largest absolute Gasteiger partial charge is 0.493 e. The summed E-state index contributed by atoms with van der Waals surface area (Å²) < 4.78 is 16.0. The van der Waals surface area contributed by atoms with Gasteiger partial charge >= 0.3 is 0 Å². The van der Waals surface area contributed by atoms with Crippen LogP contribution in [0.25, 0.3) is 22.7 Å². The number of fused-ring (bicyclic) bond motifs is 1. The van der Waals surface area contributed by atoms with E-state index in [-0.39, 0.29) is 0 Å². The number of amides is 1. The summed E-state index contributed by atoms with van der Waals surface area (Å²) >= 11 is 0. The Bertz CT molecular complexity index is 966. The first-order chi connectivity index (χ1) is 12.6. The molecule has 0 unspecified atom stereocenters. The Labute approximate surface area is 150 Å². The molecule has 26 heavy (non-hydrogen) atoms. The molecule has 0 saturated carbocycles. The number of hydrogen-bond donors (Lipinski definition) is 2. The number of carbonyl (C=O) groups excluding carboxylic acids is 1. The van der Waals surface area contributed by atoms with E-state index in [0.29, 0.717) is 28.4 Å². The second-order valence-corrected chi connectivity index (χ2v) is 5.48. The molecule has 0 aliphatic carbocycles. The third-order valence-corrected chi connectivity index (χ3v) is 4.02. The molecule has 0 bridgehead atoms. The van der Waals surface area contributed by atoms with Gasteiger partial charge in [0, 0.05) is 28.9 Å². The highest BCUT2D eigenvalue weighted by molar-refractivity contribution is 6.24. The molecular weight excluding hydrogens is 334 g/mol. The molecule has 3 N–H and O–H groups in total. The Hall–Kier alpha value is -3.48. The summed E-state index contributed by atoms with van der Waals surface area (Å²) in [7, 11) is 4.55. The van der Waals surface area contributed by atoms with Crippen molar-refractivity contribution in [1.82, 2.24) is 9.97 Å². The van der Waals surface area contributed by atoms with E-state index < -0.39 is 5.91 Å². The lowest BCUT2D eigenvalue weighted by molar-refractivity contribution is -0.112. The van der Waals surface area contributed by atoms with Crippen LogP contribution in [0.3, 0.4) is 0 Å². The average molecular weight is 353 g/mol. The first kappa shape index (κ1) is 17.3. The van der Waals surface area contributed by atoms with E-state index in [1.54, 1.807) is 30.6 Å². The number of ether oxygens (including phenoxy) is 3. The minimum Gasteiger partial charge on any atom is -0.493 e. The molecule has 0 aliphatic heterocycles. The lowest BCUT2D eigenvalue weighted by atomic mass is 10.0. The predicted molar refractivity (Wildman–Crippen MR) is 99.3 cm³/mol. The van der Waals surface area contributed by atoms with Crippen LogP contribution in [0.5, 0.6) is 17.2 Å². The zero-order valence-electron chi connectivity index (χ0n) is 14.7. The zero-order chi connectivity index (χ0) is 18.7. The van der Waals surface area contributed by atoms with Crippen molar-refractivity contribution in [3.8, 4) is 17.2 Å². The van der Waals surface area contributed by atoms with Crippen molar-refractivity contribution in [3.63, 3.8) is 0 Å². The number of nitrogens with two attached hydrogens (primary N) is 1. The summed E-state index contributed by atoms with van der Waals surface area (Å²) in [6, 6.07) is 7.12. The minimum absolute atomic E-state index is 0.314. The van der Waals surface area contributed by atoms with Crippen LogP contribution in [-0.2, 0) is 4.79 Å². The van der Waals surface area contributed by atoms with Crippen LogP contribution in [0.2, 0.25) is 0 Å². The van der Waals surface area contributed by atoms with Gasteiger partial charge in [-0.3, -0.25) is 4.79 Å². The third kappa shape index (κ3) is 3.06. The van der Waals surface area contributed by atoms with Crippen LogP contribution >= 0.6 is 0 Å². The fourth-order valence-electron chi connectivity index (χ4n) is 2.79. The number of aromatic amines is 1. The normalized spacial score (nSPS) is 11.4. The van der Waals surface area contributed by atoms with Gasteiger partial charge in [-0.1, -0.05) is 0 Å². The van der Waals surface area contributed by atoms with Gasteiger partial charge in [0.05, 0.1) is 21.3 Å². The van der Waals surface area contributed by atoms with Crippen LogP contribution in [0, 0.1) is 0 Å². The molecule has 1 aromatic carbocycles. The average Bonchev–Trinajstić information content (AvgIpc) is 3.07. The standard InChI is InChI=1S/C19H19N3O4/c1-24-15-8-11(9-16(25-2)17(15)26-3)14(18(20)23)7-12-10-22-19-13(12)5-4-6-21-19/h4-10H,1-3H3,(H2,20,23)(H,21,22). The lowest BCUT2D eigenvalue weighted by Crippen LogP contribution is -2.13. The van der Waals surface area contributed by atoms with E-state index in [1.165, 1.54) is 21.3 Å². The van der Waals surface area contributed by atoms with Crippen molar-refractivity contribution >= 4 is 28.6 Å². The number of rotatable bonds is 6. The van der Waals surface area contributed by atoms with Crippen LogP contribution < -0.4 is 19.9 Å². The van der Waals surface area contributed by atoms with Gasteiger partial charge in [-0.05, 0) is 35.9 Å². The van der Waals surface area contributed by atoms with Crippen molar-refractivity contribution in [1.29, 1.82) is 0 Å². The monoisotopic (exact) mass is 353 g/mol. The fourth-order valence-corrected chi connectivity index (χ4v) is 2.79. The number of carbonyl (C=O) groups is 1. The Morgan fingerprint density at radius 3 is 2.42 bits per heavy atom. The molecule has 2 heterocycles. The van der Waals surface area contributed by atoms with Gasteiger partial charge in [0.25, 0.3) is 0 Å². The minimum atomic E-state index is -0.572. The van der Waals surface area contributed by atoms with Gasteiger partial charge in [-0.25, -0.2) is 4.98 Å². The Morgan fingerprint density at radius 2 is 1.85 bits per heavy atom. The van der Waals surface area contributed by atoms with E-state index in [0.717, 1.165) is 16.6 Å². The first-order valence-corrected chi connectivity index (χ1v) is 7.83. The molecule has 7 heteroatoms. The molecule has 0 saturated heterocycles. The maximum Gasteiger partial charge on any atom is 0.249 e. The number of H-pyrrole nitrogens is 1. The van der Waals surface area contributed by atoms with Crippen molar-refractivity contribution in [2.45, 2.75) is 0 Å². The number of methoxy groups -OCH3 is 3. The maximum atomic E-state index is 12.1. The molecule has 1 amide bonds. The van der Waals surface area contributed by atoms with Crippen LogP contribution in [0.4, 0.5) is 0 Å². The number of nitrogens with zero attached hydrogens (tertiary/aromatic N) is 1. The highest BCUT2D eigenvalue weighted by Gasteiger charge is 2.18. The number of pyridine rings is 1. The summed E-state index contributed by atoms with van der Waals surface area (Å²) in [4.78, 5) is 19.4. The van der Waals surface area contributed by atoms with Crippen molar-refractivity contribution in [2.24, 2.45) is 5.73 Å². The molecular formula is C19H19N3O4. The van der Waals surface area contributed by atoms with Crippen LogP contribution in [0.1, 0.15) is 11.1 Å². The summed E-state index contributed by atoms with van der Waals surface area (Å²) in [5.74, 6) is 0.751. The van der Waals surface area contributed by atoms with Gasteiger partial charge in [0.2, 0.25) is 11.7 Å². The van der Waals surface area contributed by atoms with Gasteiger partial charge in [-0.2, -0.15) is 0 Å². The van der Waals surface area contributed by atoms with Gasteiger partial charge in [0.15, 0.2) is 11.5 Å². The summed E-state index contributed by atoms with van der Waals surface area (Å²) in [6.45, 7) is 0. The van der Waals surface area contributed by atoms with Gasteiger partial charge in [-0.15, -0.1) is 0 Å². The molecule has 0 fully saturated rings. The number of aromatic nitrogens is 2. The summed E-state index contributed by atoms with van der Waals surface area (Å²) in [6.07, 6.45) is 5.18. The quantitative estimate of drug-likeness (QED) is 0.664. The highest BCUT2D eigenvalue weighted by Crippen LogP contribution is 2.40. The highest BCUT2D eigenvalue weighted by atomic mass is 16.5. The van der Waals surface area contributed by atoms with E-state index in [4.69, 9.17) is 19.9 Å². The van der Waals surface area contributed by atoms with Crippen LogP contribution in [0.15, 0.2) is 36.7 Å². The van der Waals surface area contributed by atoms with E-state index >= 15 is 0 Å². The predicted octanol–water partition coefficient (Wildman–Crippen LogP) is 2.61. The van der Waals surface area contributed by atoms with Crippen molar-refractivity contribution < 1.29 is 19.0 Å². The summed E-state index contributed by atoms with van der Waals surface area (Å²) in [5.41, 5.74) is 8.04. The maximum absolute atomic E-state index is 12.1. The smallest absolute Gasteiger partial charge is 0.249 e. The number of primary amides is 1. The fraction of sp³-hybridized carbons (Fsp3) is 0.158. The second kappa shape index (κ2) is 7.18. The molecule has 3 rings (SSSR count). The van der Waals surface area contributed by atoms with E-state index in [1.807, 2.05) is 12.1 Å². The lowest BCUT2D eigenvalue weighted by Gasteiger charge is -2.14. The molecule has 2 aromatic heterocycles. The molecule has 7 nitrogen and oxygen atoms in total. The first-order valence-electron chi connectivity index (χ1n) is 7.83. The Balaban J connectivity index is 2.19. The van der Waals surface area contributed by atoms with E-state index in [9.17, 15) is 4.79 Å². The topological polar surface area (TPSA) is 99.5 Å². The molecule has 0 atom stereocenters. The van der Waals surface area contributed by atoms with Gasteiger partial charge in [0.1, 0.15) is 5.65 Å². The molecule has 0 radical (unpaired) electrons. The Kier molecular flexibility index (Phi) is 4.79. The molecule has 0 aliphatic rings. The third-order valence-electron chi connectivity index (χ3n) is 4.02. The number of benzene rings is 1. The summed E-state index contributed by atoms with van der Waals surface area (Å²) in [5, 5.41) is 0.888. The number of hydrogen-bond acceptors (Lipinski definition) is 5. The molecule has 134 valence electrons. The number of nitrogens with one attached hydrogen (secondary N) is 1. The van der Waals surface area contributed by atoms with Crippen LogP contribution in [-0.4, -0.2) is 37.2 Å². The second-order valence-electron chi connectivity index (χ2n) is 5.48.